The first-order valence-electron chi connectivity index (χ1n) is 3.95. The molecule has 1 aromatic carbocycles. The Kier molecular flexibility index (Phi) is 1.88. The molecule has 2 aromatic rings. The first-order chi connectivity index (χ1) is 6.81. The third-order valence-corrected chi connectivity index (χ3v) is 1.79. The van der Waals surface area contributed by atoms with E-state index in [2.05, 4.69) is 15.3 Å². The zero-order valence-electron chi connectivity index (χ0n) is 7.11. The Hall–Kier alpha value is -2.35. The van der Waals surface area contributed by atoms with Crippen LogP contribution in [0.25, 0.3) is 10.9 Å². The van der Waals surface area contributed by atoms with Crippen molar-refractivity contribution in [2.45, 2.75) is 0 Å². The van der Waals surface area contributed by atoms with E-state index >= 15 is 0 Å². The minimum Gasteiger partial charge on any atom is -0.291 e. The predicted octanol–water partition coefficient (Wildman–Crippen LogP) is 0.816. The highest BCUT2D eigenvalue weighted by Crippen LogP contribution is 2.06. The van der Waals surface area contributed by atoms with Gasteiger partial charge in [0.2, 0.25) is 5.95 Å². The molecule has 0 aliphatic heterocycles. The van der Waals surface area contributed by atoms with Gasteiger partial charge < -0.3 is 0 Å². The van der Waals surface area contributed by atoms with Gasteiger partial charge in [-0.25, -0.2) is 4.98 Å². The van der Waals surface area contributed by atoms with Crippen LogP contribution in [0.3, 0.4) is 0 Å². The molecule has 0 aliphatic rings. The molecular weight excluding hydrogens is 180 g/mol. The van der Waals surface area contributed by atoms with Crippen molar-refractivity contribution in [1.29, 1.82) is 5.26 Å². The molecule has 2 N–H and O–H groups in total. The van der Waals surface area contributed by atoms with Crippen LogP contribution in [0.4, 0.5) is 5.95 Å². The average molecular weight is 186 g/mol. The van der Waals surface area contributed by atoms with Gasteiger partial charge in [-0.2, -0.15) is 5.26 Å². The Labute approximate surface area is 79.0 Å². The Morgan fingerprint density at radius 2 is 2.21 bits per heavy atom. The average Bonchev–Trinajstić information content (AvgIpc) is 2.18. The molecule has 0 unspecified atom stereocenters. The third kappa shape index (κ3) is 1.29. The first kappa shape index (κ1) is 8.26. The highest BCUT2D eigenvalue weighted by molar-refractivity contribution is 5.78. The number of aromatic nitrogens is 2. The van der Waals surface area contributed by atoms with Crippen LogP contribution in [0.15, 0.2) is 29.1 Å². The second kappa shape index (κ2) is 3.18. The molecule has 0 aliphatic carbocycles. The van der Waals surface area contributed by atoms with Crippen LogP contribution >= 0.6 is 0 Å². The molecule has 0 fully saturated rings. The van der Waals surface area contributed by atoms with E-state index in [0.717, 1.165) is 0 Å². The van der Waals surface area contributed by atoms with Gasteiger partial charge in [0.25, 0.3) is 5.56 Å². The topological polar surface area (TPSA) is 81.6 Å². The first-order valence-corrected chi connectivity index (χ1v) is 3.95. The lowest BCUT2D eigenvalue weighted by Gasteiger charge is -1.98. The van der Waals surface area contributed by atoms with Crippen molar-refractivity contribution in [2.24, 2.45) is 0 Å². The standard InChI is InChI=1S/C9H6N4O/c10-5-11-9-12-7-4-2-1-3-6(7)8(14)13-9/h1-4H,(H2,11,12,13,14). The summed E-state index contributed by atoms with van der Waals surface area (Å²) < 4.78 is 0. The van der Waals surface area contributed by atoms with E-state index in [9.17, 15) is 4.79 Å². The molecule has 14 heavy (non-hydrogen) atoms. The molecule has 0 radical (unpaired) electrons. The highest BCUT2D eigenvalue weighted by Gasteiger charge is 2.00. The largest absolute Gasteiger partial charge is 0.291 e. The number of H-pyrrole nitrogens is 1. The van der Waals surface area contributed by atoms with Gasteiger partial charge in [-0.3, -0.25) is 15.1 Å². The summed E-state index contributed by atoms with van der Waals surface area (Å²) in [6.45, 7) is 0. The molecule has 5 nitrogen and oxygen atoms in total. The lowest BCUT2D eigenvalue weighted by Crippen LogP contribution is -2.10. The predicted molar refractivity (Wildman–Crippen MR) is 51.6 cm³/mol. The fourth-order valence-corrected chi connectivity index (χ4v) is 1.20. The van der Waals surface area contributed by atoms with Crippen molar-refractivity contribution in [3.8, 4) is 6.19 Å². The number of benzene rings is 1. The van der Waals surface area contributed by atoms with Crippen molar-refractivity contribution in [2.75, 3.05) is 5.32 Å². The van der Waals surface area contributed by atoms with E-state index in [1.165, 1.54) is 0 Å². The molecular formula is C9H6N4O. The molecule has 0 saturated heterocycles. The smallest absolute Gasteiger partial charge is 0.260 e. The maximum Gasteiger partial charge on any atom is 0.260 e. The quantitative estimate of drug-likeness (QED) is 0.510. The second-order valence-corrected chi connectivity index (χ2v) is 2.67. The van der Waals surface area contributed by atoms with Crippen molar-refractivity contribution in [3.05, 3.63) is 34.6 Å². The number of fused-ring (bicyclic) bond motifs is 1. The number of aromatic amines is 1. The molecule has 1 heterocycles. The zero-order valence-corrected chi connectivity index (χ0v) is 7.11. The summed E-state index contributed by atoms with van der Waals surface area (Å²) >= 11 is 0. The van der Waals surface area contributed by atoms with Crippen LogP contribution in [-0.4, -0.2) is 9.97 Å². The molecule has 0 spiro atoms. The fraction of sp³-hybridized carbons (Fsp3) is 0. The lowest BCUT2D eigenvalue weighted by molar-refractivity contribution is 1.17. The molecule has 0 amide bonds. The maximum atomic E-state index is 11.4. The van der Waals surface area contributed by atoms with E-state index in [-0.39, 0.29) is 11.5 Å². The Morgan fingerprint density at radius 3 is 3.00 bits per heavy atom. The van der Waals surface area contributed by atoms with Crippen LogP contribution in [0.1, 0.15) is 0 Å². The van der Waals surface area contributed by atoms with Gasteiger partial charge in [-0.1, -0.05) is 12.1 Å². The summed E-state index contributed by atoms with van der Waals surface area (Å²) in [5, 5.41) is 11.1. The summed E-state index contributed by atoms with van der Waals surface area (Å²) in [6.07, 6.45) is 1.69. The number of nitrogens with one attached hydrogen (secondary N) is 2. The van der Waals surface area contributed by atoms with Gasteiger partial charge in [0.05, 0.1) is 10.9 Å². The Bertz CT molecular complexity index is 567. The van der Waals surface area contributed by atoms with Gasteiger partial charge in [-0.15, -0.1) is 0 Å². The van der Waals surface area contributed by atoms with Gasteiger partial charge in [0, 0.05) is 0 Å². The normalized spacial score (nSPS) is 9.64. The second-order valence-electron chi connectivity index (χ2n) is 2.67. The van der Waals surface area contributed by atoms with Crippen LogP contribution in [0, 0.1) is 11.5 Å². The van der Waals surface area contributed by atoms with E-state index in [0.29, 0.717) is 10.9 Å². The minimum absolute atomic E-state index is 0.163. The molecule has 1 aromatic heterocycles. The number of hydrogen-bond donors (Lipinski definition) is 2. The number of nitrogens with zero attached hydrogens (tertiary/aromatic N) is 2. The zero-order chi connectivity index (χ0) is 9.97. The maximum absolute atomic E-state index is 11.4. The molecule has 2 rings (SSSR count). The van der Waals surface area contributed by atoms with Crippen molar-refractivity contribution in [3.63, 3.8) is 0 Å². The van der Waals surface area contributed by atoms with Crippen LogP contribution < -0.4 is 10.9 Å². The summed E-state index contributed by atoms with van der Waals surface area (Å²) in [7, 11) is 0. The Morgan fingerprint density at radius 1 is 1.43 bits per heavy atom. The minimum atomic E-state index is -0.256. The van der Waals surface area contributed by atoms with Crippen molar-refractivity contribution in [1.82, 2.24) is 9.97 Å². The van der Waals surface area contributed by atoms with Crippen LogP contribution in [0.5, 0.6) is 0 Å². The van der Waals surface area contributed by atoms with Gasteiger partial charge in [0.15, 0.2) is 6.19 Å². The van der Waals surface area contributed by atoms with Gasteiger partial charge in [0.1, 0.15) is 0 Å². The number of para-hydroxylation sites is 1. The summed E-state index contributed by atoms with van der Waals surface area (Å²) in [5.41, 5.74) is 0.308. The molecule has 0 bridgehead atoms. The fourth-order valence-electron chi connectivity index (χ4n) is 1.20. The van der Waals surface area contributed by atoms with Crippen molar-refractivity contribution < 1.29 is 0 Å². The van der Waals surface area contributed by atoms with Gasteiger partial charge in [-0.05, 0) is 12.1 Å². The van der Waals surface area contributed by atoms with Crippen molar-refractivity contribution >= 4 is 16.9 Å². The number of hydrogen-bond acceptors (Lipinski definition) is 4. The third-order valence-electron chi connectivity index (χ3n) is 1.79. The highest BCUT2D eigenvalue weighted by atomic mass is 16.1. The molecule has 68 valence electrons. The summed E-state index contributed by atoms with van der Waals surface area (Å²) in [6, 6.07) is 6.94. The van der Waals surface area contributed by atoms with Crippen LogP contribution in [0.2, 0.25) is 0 Å². The van der Waals surface area contributed by atoms with E-state index < -0.39 is 0 Å². The van der Waals surface area contributed by atoms with E-state index in [4.69, 9.17) is 5.26 Å². The van der Waals surface area contributed by atoms with E-state index in [1.54, 1.807) is 30.5 Å². The Balaban J connectivity index is 2.74. The van der Waals surface area contributed by atoms with Gasteiger partial charge >= 0.3 is 0 Å². The lowest BCUT2D eigenvalue weighted by atomic mass is 10.2. The number of anilines is 1. The van der Waals surface area contributed by atoms with Crippen LogP contribution in [-0.2, 0) is 0 Å². The summed E-state index contributed by atoms with van der Waals surface area (Å²) in [4.78, 5) is 17.9. The number of nitriles is 1. The summed E-state index contributed by atoms with van der Waals surface area (Å²) in [5.74, 6) is 0.163. The number of rotatable bonds is 1. The SMILES string of the molecule is N#CNc1nc2ccccc2c(=O)[nH]1. The molecule has 0 saturated carbocycles. The molecule has 5 heteroatoms. The monoisotopic (exact) mass is 186 g/mol. The molecule has 0 atom stereocenters. The van der Waals surface area contributed by atoms with E-state index in [1.807, 2.05) is 0 Å².